The van der Waals surface area contributed by atoms with Crippen molar-refractivity contribution in [2.24, 2.45) is 0 Å². The molecule has 132 valence electrons. The van der Waals surface area contributed by atoms with Gasteiger partial charge in [0.15, 0.2) is 16.8 Å². The zero-order valence-corrected chi connectivity index (χ0v) is 16.7. The Kier molecular flexibility index (Phi) is 6.06. The van der Waals surface area contributed by atoms with E-state index in [0.29, 0.717) is 17.3 Å². The van der Waals surface area contributed by atoms with Gasteiger partial charge < -0.3 is 0 Å². The average molecular weight is 428 g/mol. The molecule has 2 aromatic carbocycles. The van der Waals surface area contributed by atoms with E-state index in [1.54, 1.807) is 6.08 Å². The smallest absolute Gasteiger partial charge is 0.192 e. The van der Waals surface area contributed by atoms with Gasteiger partial charge in [-0.05, 0) is 19.1 Å². The molecular weight excluding hydrogens is 410 g/mol. The fourth-order valence-corrected chi connectivity index (χ4v) is 3.73. The van der Waals surface area contributed by atoms with E-state index in [2.05, 4.69) is 32.7 Å². The number of halogens is 1. The van der Waals surface area contributed by atoms with Crippen molar-refractivity contribution in [1.29, 1.82) is 0 Å². The van der Waals surface area contributed by atoms with Gasteiger partial charge in [0.1, 0.15) is 0 Å². The molecule has 0 spiro atoms. The summed E-state index contributed by atoms with van der Waals surface area (Å²) in [6.07, 6.45) is 1.81. The third-order valence-electron chi connectivity index (χ3n) is 3.84. The summed E-state index contributed by atoms with van der Waals surface area (Å²) in [5.74, 6) is 0.841. The van der Waals surface area contributed by atoms with Gasteiger partial charge in [0.05, 0.1) is 5.25 Å². The van der Waals surface area contributed by atoms with Crippen LogP contribution in [0.5, 0.6) is 0 Å². The first-order valence-electron chi connectivity index (χ1n) is 8.16. The molecule has 0 saturated carbocycles. The van der Waals surface area contributed by atoms with Gasteiger partial charge in [-0.15, -0.1) is 16.8 Å². The van der Waals surface area contributed by atoms with Gasteiger partial charge in [-0.25, -0.2) is 0 Å². The van der Waals surface area contributed by atoms with Crippen molar-refractivity contribution in [2.75, 3.05) is 0 Å². The van der Waals surface area contributed by atoms with Gasteiger partial charge in [-0.1, -0.05) is 76.2 Å². The number of hydrogen-bond acceptors (Lipinski definition) is 4. The minimum Gasteiger partial charge on any atom is -0.298 e. The van der Waals surface area contributed by atoms with E-state index in [1.807, 2.05) is 66.1 Å². The normalized spacial score (nSPS) is 11.9. The number of nitrogens with zero attached hydrogens (tertiary/aromatic N) is 3. The first-order valence-corrected chi connectivity index (χ1v) is 9.83. The molecule has 4 nitrogen and oxygen atoms in total. The molecule has 0 saturated heterocycles. The molecule has 0 bridgehead atoms. The van der Waals surface area contributed by atoms with Crippen molar-refractivity contribution in [3.8, 4) is 11.4 Å². The van der Waals surface area contributed by atoms with Crippen molar-refractivity contribution >= 4 is 33.5 Å². The van der Waals surface area contributed by atoms with E-state index >= 15 is 0 Å². The molecule has 3 aromatic rings. The maximum absolute atomic E-state index is 12.6. The van der Waals surface area contributed by atoms with Gasteiger partial charge in [0.2, 0.25) is 0 Å². The topological polar surface area (TPSA) is 47.8 Å². The van der Waals surface area contributed by atoms with Crippen molar-refractivity contribution in [3.05, 3.63) is 77.3 Å². The second-order valence-electron chi connectivity index (χ2n) is 5.70. The van der Waals surface area contributed by atoms with Crippen LogP contribution in [0.2, 0.25) is 0 Å². The fourth-order valence-electron chi connectivity index (χ4n) is 2.53. The summed E-state index contributed by atoms with van der Waals surface area (Å²) >= 11 is 4.86. The number of thioether (sulfide) groups is 1. The molecule has 1 atom stereocenters. The lowest BCUT2D eigenvalue weighted by molar-refractivity contribution is 0.0994. The van der Waals surface area contributed by atoms with Crippen LogP contribution in [-0.4, -0.2) is 25.8 Å². The molecule has 0 amide bonds. The van der Waals surface area contributed by atoms with Crippen LogP contribution in [0.25, 0.3) is 11.4 Å². The summed E-state index contributed by atoms with van der Waals surface area (Å²) in [7, 11) is 0. The van der Waals surface area contributed by atoms with Crippen LogP contribution in [0.4, 0.5) is 0 Å². The summed E-state index contributed by atoms with van der Waals surface area (Å²) in [5.41, 5.74) is 1.67. The largest absolute Gasteiger partial charge is 0.298 e. The number of aromatic nitrogens is 3. The van der Waals surface area contributed by atoms with Gasteiger partial charge >= 0.3 is 0 Å². The molecule has 1 aromatic heterocycles. The quantitative estimate of drug-likeness (QED) is 0.293. The highest BCUT2D eigenvalue weighted by Crippen LogP contribution is 2.29. The number of hydrogen-bond donors (Lipinski definition) is 0. The molecule has 3 rings (SSSR count). The van der Waals surface area contributed by atoms with E-state index in [4.69, 9.17) is 0 Å². The molecular formula is C20H18BrN3OS. The first kappa shape index (κ1) is 18.6. The fraction of sp³-hybridized carbons (Fsp3) is 0.150. The number of benzene rings is 2. The van der Waals surface area contributed by atoms with E-state index in [-0.39, 0.29) is 11.0 Å². The van der Waals surface area contributed by atoms with E-state index in [1.165, 1.54) is 11.8 Å². The van der Waals surface area contributed by atoms with Gasteiger partial charge in [-0.2, -0.15) is 0 Å². The van der Waals surface area contributed by atoms with Crippen molar-refractivity contribution < 1.29 is 4.79 Å². The number of carbonyl (C=O) groups excluding carboxylic acids is 1. The molecule has 26 heavy (non-hydrogen) atoms. The highest BCUT2D eigenvalue weighted by Gasteiger charge is 2.21. The van der Waals surface area contributed by atoms with Crippen LogP contribution >= 0.6 is 27.7 Å². The predicted octanol–water partition coefficient (Wildman–Crippen LogP) is 5.26. The lowest BCUT2D eigenvalue weighted by atomic mass is 10.1. The lowest BCUT2D eigenvalue weighted by Crippen LogP contribution is -2.14. The Morgan fingerprint density at radius 3 is 2.54 bits per heavy atom. The maximum atomic E-state index is 12.6. The molecule has 0 aliphatic heterocycles. The molecule has 0 aliphatic carbocycles. The Morgan fingerprint density at radius 1 is 1.19 bits per heavy atom. The van der Waals surface area contributed by atoms with Crippen molar-refractivity contribution in [2.45, 2.75) is 23.9 Å². The standard InChI is InChI=1S/C20H18BrN3OS/c1-3-13-24-19(16-9-11-17(21)12-10-16)22-23-20(24)26-14(2)18(25)15-7-5-4-6-8-15/h3-12,14H,1,13H2,2H3. The zero-order chi connectivity index (χ0) is 18.5. The first-order chi connectivity index (χ1) is 12.6. The highest BCUT2D eigenvalue weighted by atomic mass is 79.9. The number of Topliss-reactive ketones (excluding diaryl/α,β-unsaturated/α-hetero) is 1. The molecule has 0 N–H and O–H groups in total. The predicted molar refractivity (Wildman–Crippen MR) is 109 cm³/mol. The van der Waals surface area contributed by atoms with Crippen LogP contribution in [0.1, 0.15) is 17.3 Å². The number of allylic oxidation sites excluding steroid dienone is 1. The number of rotatable bonds is 7. The van der Waals surface area contributed by atoms with Crippen LogP contribution in [0, 0.1) is 0 Å². The maximum Gasteiger partial charge on any atom is 0.192 e. The highest BCUT2D eigenvalue weighted by molar-refractivity contribution is 9.10. The Hall–Kier alpha value is -2.18. The van der Waals surface area contributed by atoms with Gasteiger partial charge in [0, 0.05) is 22.1 Å². The molecule has 1 heterocycles. The molecule has 0 aliphatic rings. The number of ketones is 1. The van der Waals surface area contributed by atoms with E-state index in [9.17, 15) is 4.79 Å². The van der Waals surface area contributed by atoms with Gasteiger partial charge in [0.25, 0.3) is 0 Å². The van der Waals surface area contributed by atoms with E-state index < -0.39 is 0 Å². The van der Waals surface area contributed by atoms with Crippen LogP contribution < -0.4 is 0 Å². The lowest BCUT2D eigenvalue weighted by Gasteiger charge is -2.12. The summed E-state index contributed by atoms with van der Waals surface area (Å²) < 4.78 is 2.99. The Balaban J connectivity index is 1.87. The number of carbonyl (C=O) groups is 1. The summed E-state index contributed by atoms with van der Waals surface area (Å²) in [4.78, 5) is 12.6. The van der Waals surface area contributed by atoms with Crippen molar-refractivity contribution in [3.63, 3.8) is 0 Å². The van der Waals surface area contributed by atoms with Crippen LogP contribution in [0.3, 0.4) is 0 Å². The van der Waals surface area contributed by atoms with Crippen molar-refractivity contribution in [1.82, 2.24) is 14.8 Å². The van der Waals surface area contributed by atoms with Crippen LogP contribution in [-0.2, 0) is 6.54 Å². The average Bonchev–Trinajstić information content (AvgIpc) is 3.05. The minimum absolute atomic E-state index is 0.0777. The van der Waals surface area contributed by atoms with Crippen LogP contribution in [0.15, 0.2) is 76.9 Å². The van der Waals surface area contributed by atoms with Gasteiger partial charge in [-0.3, -0.25) is 9.36 Å². The summed E-state index contributed by atoms with van der Waals surface area (Å²) in [6, 6.07) is 17.2. The third kappa shape index (κ3) is 4.14. The second kappa shape index (κ2) is 8.47. The molecule has 1 unspecified atom stereocenters. The summed E-state index contributed by atoms with van der Waals surface area (Å²) in [5, 5.41) is 9.10. The second-order valence-corrected chi connectivity index (χ2v) is 7.93. The minimum atomic E-state index is -0.261. The van der Waals surface area contributed by atoms with E-state index in [0.717, 1.165) is 15.9 Å². The zero-order valence-electron chi connectivity index (χ0n) is 14.3. The SMILES string of the molecule is C=CCn1c(SC(C)C(=O)c2ccccc2)nnc1-c1ccc(Br)cc1. The molecule has 0 radical (unpaired) electrons. The monoisotopic (exact) mass is 427 g/mol. The Labute approximate surface area is 165 Å². The Bertz CT molecular complexity index is 907. The summed E-state index contributed by atoms with van der Waals surface area (Å²) in [6.45, 7) is 6.30. The molecule has 0 fully saturated rings. The molecule has 6 heteroatoms. The third-order valence-corrected chi connectivity index (χ3v) is 5.45. The Morgan fingerprint density at radius 2 is 1.88 bits per heavy atom.